The number of hydrogen-bond donors (Lipinski definition) is 2. The molecule has 0 bridgehead atoms. The maximum absolute atomic E-state index is 12.2. The van der Waals surface area contributed by atoms with Crippen molar-refractivity contribution in [2.24, 2.45) is 0 Å². The first-order valence-corrected chi connectivity index (χ1v) is 27.4. The van der Waals surface area contributed by atoms with Gasteiger partial charge in [0.25, 0.3) is 11.4 Å². The molecule has 16 nitrogen and oxygen atoms in total. The van der Waals surface area contributed by atoms with Crippen molar-refractivity contribution in [2.45, 2.75) is 86.0 Å². The van der Waals surface area contributed by atoms with E-state index in [0.717, 1.165) is 9.79 Å². The Hall–Kier alpha value is -0.134. The number of benzene rings is 2. The summed E-state index contributed by atoms with van der Waals surface area (Å²) in [6.07, 6.45) is 2.48. The Morgan fingerprint density at radius 1 is 0.593 bits per heavy atom. The first-order valence-electron chi connectivity index (χ1n) is 18.5. The predicted octanol–water partition coefficient (Wildman–Crippen LogP) is 9.17. The molecule has 59 heavy (non-hydrogen) atoms. The fraction of sp³-hybridized carbons (Fsp3) is 0.629. The summed E-state index contributed by atoms with van der Waals surface area (Å²) in [6.45, 7) is 25.3. The number of halogens is 1. The van der Waals surface area contributed by atoms with Gasteiger partial charge in [-0.1, -0.05) is 34.6 Å². The molecule has 2 aromatic rings. The van der Waals surface area contributed by atoms with Gasteiger partial charge in [-0.25, -0.2) is 0 Å². The van der Waals surface area contributed by atoms with E-state index in [2.05, 4.69) is 24.1 Å². The van der Waals surface area contributed by atoms with Gasteiger partial charge < -0.3 is 51.4 Å². The number of thiol groups is 1. The molecular formula is C35H67BrMgN2O14P4S2. The summed E-state index contributed by atoms with van der Waals surface area (Å²) in [5, 5.41) is 20.6. The van der Waals surface area contributed by atoms with E-state index in [1.54, 1.807) is 65.8 Å². The molecule has 1 N–H and O–H groups in total. The maximum atomic E-state index is 12.2. The van der Waals surface area contributed by atoms with Crippen molar-refractivity contribution < 1.29 is 72.6 Å². The third-order valence-electron chi connectivity index (χ3n) is 6.48. The van der Waals surface area contributed by atoms with Crippen LogP contribution >= 0.6 is 54.3 Å². The molecule has 0 radical (unpaired) electrons. The minimum absolute atomic E-state index is 0. The van der Waals surface area contributed by atoms with Crippen LogP contribution in [0.25, 0.3) is 0 Å². The number of nitro groups is 2. The van der Waals surface area contributed by atoms with Crippen LogP contribution in [0.1, 0.15) is 76.2 Å². The second-order valence-electron chi connectivity index (χ2n) is 10.3. The van der Waals surface area contributed by atoms with E-state index in [0.29, 0.717) is 63.2 Å². The topological polar surface area (TPSA) is 221 Å². The zero-order chi connectivity index (χ0) is 45.1. The van der Waals surface area contributed by atoms with Gasteiger partial charge in [0.1, 0.15) is 0 Å². The van der Waals surface area contributed by atoms with Crippen LogP contribution < -0.4 is 17.0 Å². The molecule has 342 valence electrons. The van der Waals surface area contributed by atoms with Gasteiger partial charge in [0.05, 0.1) is 48.4 Å². The Morgan fingerprint density at radius 2 is 0.932 bits per heavy atom. The van der Waals surface area contributed by atoms with E-state index < -0.39 is 39.8 Å². The second kappa shape index (κ2) is 41.9. The molecule has 0 spiro atoms. The molecule has 2 unspecified atom stereocenters. The van der Waals surface area contributed by atoms with Crippen LogP contribution in [-0.2, 0) is 40.9 Å². The first kappa shape index (κ1) is 70.5. The molecular weight excluding hydrogens is 965 g/mol. The Bertz CT molecular complexity index is 1520. The molecule has 0 amide bonds. The van der Waals surface area contributed by atoms with Gasteiger partial charge in [0.2, 0.25) is 14.7 Å². The van der Waals surface area contributed by atoms with Crippen molar-refractivity contribution >= 4 is 88.7 Å². The van der Waals surface area contributed by atoms with Crippen molar-refractivity contribution in [3.8, 4) is 0 Å². The van der Waals surface area contributed by atoms with Gasteiger partial charge in [0.15, 0.2) is 0 Å². The minimum atomic E-state index is -3.17. The molecule has 0 aromatic heterocycles. The van der Waals surface area contributed by atoms with Crippen molar-refractivity contribution in [1.82, 2.24) is 0 Å². The van der Waals surface area contributed by atoms with Crippen molar-refractivity contribution in [1.29, 1.82) is 0 Å². The van der Waals surface area contributed by atoms with Crippen molar-refractivity contribution in [3.63, 3.8) is 0 Å². The van der Waals surface area contributed by atoms with E-state index in [4.69, 9.17) is 23.0 Å². The number of thioether (sulfide) groups is 1. The molecule has 0 saturated heterocycles. The third-order valence-corrected chi connectivity index (χ3v) is 17.4. The smallest absolute Gasteiger partial charge is 1.00 e. The van der Waals surface area contributed by atoms with Crippen LogP contribution in [0.3, 0.4) is 0 Å². The molecule has 0 saturated carbocycles. The van der Waals surface area contributed by atoms with Gasteiger partial charge >= 0.3 is 38.2 Å². The summed E-state index contributed by atoms with van der Waals surface area (Å²) in [6, 6.07) is 12.2. The van der Waals surface area contributed by atoms with E-state index in [1.165, 1.54) is 36.0 Å². The predicted molar refractivity (Wildman–Crippen MR) is 244 cm³/mol. The molecule has 2 rings (SSSR count). The molecule has 0 heterocycles. The molecule has 0 fully saturated rings. The maximum Gasteiger partial charge on any atom is 2.00 e. The Kier molecular flexibility index (Phi) is 50.0. The summed E-state index contributed by atoms with van der Waals surface area (Å²) in [5.74, 6) is 0. The second-order valence-corrected chi connectivity index (χ2v) is 22.9. The number of nitro benzene ring substituents is 2. The monoisotopic (exact) mass is 1030 g/mol. The van der Waals surface area contributed by atoms with Gasteiger partial charge in [-0.2, -0.15) is 6.92 Å². The fourth-order valence-corrected chi connectivity index (χ4v) is 10.1. The van der Waals surface area contributed by atoms with Crippen LogP contribution in [0.2, 0.25) is 0 Å². The molecule has 0 aliphatic carbocycles. The molecule has 0 aliphatic heterocycles. The number of non-ortho nitro benzene ring substituents is 2. The number of hydrogen-bond acceptors (Lipinski definition) is 15. The zero-order valence-corrected chi connectivity index (χ0v) is 44.8. The van der Waals surface area contributed by atoms with E-state index >= 15 is 0 Å². The summed E-state index contributed by atoms with van der Waals surface area (Å²) < 4.78 is 70.1. The standard InChI is InChI=1S/C11H16NO4PS.C6H5NO2S.C6H15O3P.C6H15O2P.C4H11O3P.C2H5.BrH.Mg/c1-3-16-17(15,4-2)9-18-11-7-5-10(6-8-11)12(13)14;8-7(9)5-1-3-6(10)4-2-5;1-4-8-10(7,6-3)9-5-2;1-4-8-9(7,5-2)6-3;1-3-7-8(5,6)4-2;1-2;;/h5-8H,3-4,9H2,1-2H3;1-4,10H;4-6H2,1-3H3;4-6H2,1-3H3;3-4H2,1-2H3,(H,5,6);1H2,2H3;1H;/q;;;;;-1;;+2/p-1. The number of rotatable bonds is 20. The van der Waals surface area contributed by atoms with E-state index in [9.17, 15) is 38.5 Å². The van der Waals surface area contributed by atoms with E-state index in [1.807, 2.05) is 34.6 Å². The van der Waals surface area contributed by atoms with Crippen LogP contribution in [-0.4, -0.2) is 107 Å². The van der Waals surface area contributed by atoms with Crippen LogP contribution in [0.4, 0.5) is 11.4 Å². The van der Waals surface area contributed by atoms with Gasteiger partial charge in [-0.05, 0) is 58.9 Å². The Morgan fingerprint density at radius 3 is 1.19 bits per heavy atom. The average Bonchev–Trinajstić information content (AvgIpc) is 3.19. The Labute approximate surface area is 389 Å². The number of nitrogens with zero attached hydrogens (tertiary/aromatic N) is 2. The van der Waals surface area contributed by atoms with Crippen LogP contribution in [0, 0.1) is 27.2 Å². The normalized spacial score (nSPS) is 12.2. The third kappa shape index (κ3) is 38.1. The van der Waals surface area contributed by atoms with Crippen molar-refractivity contribution in [3.05, 3.63) is 75.7 Å². The van der Waals surface area contributed by atoms with E-state index in [-0.39, 0.29) is 57.6 Å². The molecule has 2 aromatic carbocycles. The SMILES string of the molecule is CCOP(=O)(CC)CC.CCOP(=O)(CC)CSc1ccc([N+](=O)[O-])cc1.CCOP(=O)(CC)OCC.CCOP(=O)(O)CC.O=[N+]([O-])c1ccc(S)cc1.[Br-].[CH2-]C.[Mg+2]. The first-order chi connectivity index (χ1) is 26.7. The molecule has 2 atom stereocenters. The summed E-state index contributed by atoms with van der Waals surface area (Å²) >= 11 is 5.38. The van der Waals surface area contributed by atoms with Crippen LogP contribution in [0.15, 0.2) is 58.3 Å². The molecule has 0 aliphatic rings. The minimum Gasteiger partial charge on any atom is -1.00 e. The largest absolute Gasteiger partial charge is 2.00 e. The Balaban J connectivity index is -0.000000151. The van der Waals surface area contributed by atoms with Gasteiger partial charge in [-0.3, -0.25) is 38.5 Å². The fourth-order valence-electron chi connectivity index (χ4n) is 3.41. The van der Waals surface area contributed by atoms with Crippen molar-refractivity contribution in [2.75, 3.05) is 69.3 Å². The molecule has 24 heteroatoms. The summed E-state index contributed by atoms with van der Waals surface area (Å²) in [4.78, 5) is 30.0. The zero-order valence-electron chi connectivity index (χ0n) is 36.5. The van der Waals surface area contributed by atoms with Gasteiger partial charge in [0, 0.05) is 64.9 Å². The summed E-state index contributed by atoms with van der Waals surface area (Å²) in [7, 11) is -10.6. The van der Waals surface area contributed by atoms with Crippen LogP contribution in [0.5, 0.6) is 0 Å². The summed E-state index contributed by atoms with van der Waals surface area (Å²) in [5.41, 5.74) is 0.551. The quantitative estimate of drug-likeness (QED) is 0.0240. The average molecular weight is 1030 g/mol. The van der Waals surface area contributed by atoms with Gasteiger partial charge in [-0.15, -0.1) is 24.4 Å².